The Kier molecular flexibility index (Phi) is 7.42. The zero-order valence-electron chi connectivity index (χ0n) is 21.5. The zero-order valence-corrected chi connectivity index (χ0v) is 21.5. The second-order valence-corrected chi connectivity index (χ2v) is 10.3. The zero-order chi connectivity index (χ0) is 27.0. The quantitative estimate of drug-likeness (QED) is 0.161. The van der Waals surface area contributed by atoms with Crippen molar-refractivity contribution in [3.63, 3.8) is 0 Å². The number of benzene rings is 3. The van der Waals surface area contributed by atoms with Crippen LogP contribution in [0.3, 0.4) is 0 Å². The summed E-state index contributed by atoms with van der Waals surface area (Å²) in [6.45, 7) is 1.51. The summed E-state index contributed by atoms with van der Waals surface area (Å²) >= 11 is 0. The van der Waals surface area contributed by atoms with E-state index < -0.39 is 40.3 Å². The Morgan fingerprint density at radius 1 is 1.00 bits per heavy atom. The predicted octanol–water partition coefficient (Wildman–Crippen LogP) is 8.24. The number of hydrogen-bond acceptors (Lipinski definition) is 2. The smallest absolute Gasteiger partial charge is 0.192 e. The first-order valence-electron chi connectivity index (χ1n) is 13.2. The lowest BCUT2D eigenvalue weighted by Crippen LogP contribution is -2.15. The fourth-order valence-corrected chi connectivity index (χ4v) is 5.63. The topological polar surface area (TPSA) is 26.3 Å². The van der Waals surface area contributed by atoms with E-state index >= 15 is 4.39 Å². The molecule has 3 aromatic rings. The van der Waals surface area contributed by atoms with Crippen LogP contribution in [0.2, 0.25) is 0 Å². The molecule has 0 N–H and O–H groups in total. The molecule has 0 spiro atoms. The Morgan fingerprint density at radius 3 is 2.39 bits per heavy atom. The van der Waals surface area contributed by atoms with E-state index in [1.807, 2.05) is 18.2 Å². The first kappa shape index (κ1) is 26.2. The number of carbonyl (C=O) groups excluding carboxylic acids is 1. The second kappa shape index (κ2) is 10.8. The van der Waals surface area contributed by atoms with Crippen molar-refractivity contribution in [1.29, 1.82) is 0 Å². The lowest BCUT2D eigenvalue weighted by atomic mass is 9.84. The molecule has 1 fully saturated rings. The molecule has 6 heteroatoms. The standard InChI is InChI=1S/C32H30F4O2/c1-3-23-29(35)27(17-28(34)30(23)36)31(37)26-16-21(19-11-13-22(33)14-12-19)15-25(26)24-6-4-5-20(32(24)38-2)10-9-18-7-8-18/h4-6,11-14,16-18,21,25H,3,7-10,15H2,1-2H3. The van der Waals surface area contributed by atoms with Crippen molar-refractivity contribution in [2.45, 2.75) is 57.3 Å². The van der Waals surface area contributed by atoms with E-state index in [1.54, 1.807) is 25.3 Å². The molecule has 38 heavy (non-hydrogen) atoms. The second-order valence-electron chi connectivity index (χ2n) is 10.3. The van der Waals surface area contributed by atoms with E-state index in [4.69, 9.17) is 4.74 Å². The van der Waals surface area contributed by atoms with Crippen LogP contribution >= 0.6 is 0 Å². The monoisotopic (exact) mass is 522 g/mol. The van der Waals surface area contributed by atoms with Crippen LogP contribution in [0.5, 0.6) is 5.75 Å². The number of carbonyl (C=O) groups is 1. The number of methoxy groups -OCH3 is 1. The molecule has 0 saturated heterocycles. The van der Waals surface area contributed by atoms with Gasteiger partial charge >= 0.3 is 0 Å². The van der Waals surface area contributed by atoms with Crippen LogP contribution in [0.1, 0.15) is 77.1 Å². The number of hydrogen-bond donors (Lipinski definition) is 0. The summed E-state index contributed by atoms with van der Waals surface area (Å²) in [5.41, 5.74) is 2.01. The number of ether oxygens (including phenoxy) is 1. The average Bonchev–Trinajstić information content (AvgIpc) is 3.65. The summed E-state index contributed by atoms with van der Waals surface area (Å²) in [5.74, 6) is -3.91. The maximum absolute atomic E-state index is 15.3. The van der Waals surface area contributed by atoms with Crippen molar-refractivity contribution >= 4 is 5.78 Å². The van der Waals surface area contributed by atoms with Gasteiger partial charge in [-0.1, -0.05) is 56.2 Å². The molecule has 0 aromatic heterocycles. The highest BCUT2D eigenvalue weighted by Gasteiger charge is 2.37. The van der Waals surface area contributed by atoms with Crippen LogP contribution in [0.15, 0.2) is 60.2 Å². The van der Waals surface area contributed by atoms with Gasteiger partial charge in [0.2, 0.25) is 0 Å². The average molecular weight is 523 g/mol. The van der Waals surface area contributed by atoms with Gasteiger partial charge in [-0.05, 0) is 60.9 Å². The fourth-order valence-electron chi connectivity index (χ4n) is 5.63. The third-order valence-electron chi connectivity index (χ3n) is 7.88. The predicted molar refractivity (Wildman–Crippen MR) is 139 cm³/mol. The summed E-state index contributed by atoms with van der Waals surface area (Å²) in [7, 11) is 1.60. The van der Waals surface area contributed by atoms with E-state index in [0.29, 0.717) is 23.8 Å². The van der Waals surface area contributed by atoms with Gasteiger partial charge in [0.15, 0.2) is 17.4 Å². The van der Waals surface area contributed by atoms with E-state index in [9.17, 15) is 18.0 Å². The number of allylic oxidation sites excluding steroid dienone is 2. The molecule has 2 unspecified atom stereocenters. The molecule has 2 atom stereocenters. The van der Waals surface area contributed by atoms with Crippen LogP contribution in [-0.2, 0) is 12.8 Å². The van der Waals surface area contributed by atoms with Crippen LogP contribution in [0.25, 0.3) is 0 Å². The number of rotatable bonds is 9. The van der Waals surface area contributed by atoms with E-state index in [2.05, 4.69) is 0 Å². The minimum absolute atomic E-state index is 0.0900. The molecule has 198 valence electrons. The summed E-state index contributed by atoms with van der Waals surface area (Å²) in [6, 6.07) is 12.6. The molecule has 2 aliphatic rings. The van der Waals surface area contributed by atoms with Crippen LogP contribution < -0.4 is 4.74 Å². The molecule has 0 heterocycles. The number of halogens is 4. The Morgan fingerprint density at radius 2 is 1.74 bits per heavy atom. The van der Waals surface area contributed by atoms with Gasteiger partial charge in [0, 0.05) is 28.5 Å². The largest absolute Gasteiger partial charge is 0.496 e. The summed E-state index contributed by atoms with van der Waals surface area (Å²) in [4.78, 5) is 13.8. The highest BCUT2D eigenvalue weighted by Crippen LogP contribution is 2.48. The van der Waals surface area contributed by atoms with Crippen molar-refractivity contribution in [1.82, 2.24) is 0 Å². The minimum atomic E-state index is -1.27. The van der Waals surface area contributed by atoms with Crippen LogP contribution in [-0.4, -0.2) is 12.9 Å². The maximum Gasteiger partial charge on any atom is 0.192 e. The number of Topliss-reactive ketones (excluding diaryl/α,β-unsaturated/α-hetero) is 1. The molecule has 2 nitrogen and oxygen atoms in total. The van der Waals surface area contributed by atoms with E-state index in [0.717, 1.165) is 35.4 Å². The van der Waals surface area contributed by atoms with E-state index in [-0.39, 0.29) is 18.2 Å². The molecular formula is C32H30F4O2. The molecule has 2 aliphatic carbocycles. The lowest BCUT2D eigenvalue weighted by Gasteiger charge is -2.21. The molecule has 3 aromatic carbocycles. The van der Waals surface area contributed by atoms with Gasteiger partial charge in [-0.2, -0.15) is 0 Å². The highest BCUT2D eigenvalue weighted by molar-refractivity contribution is 6.10. The molecule has 1 saturated carbocycles. The molecule has 0 radical (unpaired) electrons. The Balaban J connectivity index is 1.59. The fraction of sp³-hybridized carbons (Fsp3) is 0.344. The first-order chi connectivity index (χ1) is 18.3. The van der Waals surface area contributed by atoms with Gasteiger partial charge in [-0.15, -0.1) is 0 Å². The third kappa shape index (κ3) is 5.01. The normalized spacial score (nSPS) is 18.9. The van der Waals surface area contributed by atoms with Gasteiger partial charge in [-0.3, -0.25) is 4.79 Å². The lowest BCUT2D eigenvalue weighted by molar-refractivity contribution is 0.102. The number of ketones is 1. The van der Waals surface area contributed by atoms with Crippen molar-refractivity contribution < 1.29 is 27.1 Å². The van der Waals surface area contributed by atoms with Crippen LogP contribution in [0.4, 0.5) is 17.6 Å². The van der Waals surface area contributed by atoms with Gasteiger partial charge in [-0.25, -0.2) is 17.6 Å². The Hall–Kier alpha value is -3.41. The van der Waals surface area contributed by atoms with Crippen molar-refractivity contribution in [3.8, 4) is 5.75 Å². The molecule has 5 rings (SSSR count). The highest BCUT2D eigenvalue weighted by atomic mass is 19.2. The SMILES string of the molecule is CCc1c(F)c(F)cc(C(=O)C2=CC(c3ccc(F)cc3)CC2c2cccc(CCC3CC3)c2OC)c1F. The van der Waals surface area contributed by atoms with Crippen molar-refractivity contribution in [2.75, 3.05) is 7.11 Å². The Bertz CT molecular complexity index is 1390. The van der Waals surface area contributed by atoms with Gasteiger partial charge in [0.05, 0.1) is 12.7 Å². The summed E-state index contributed by atoms with van der Waals surface area (Å²) < 4.78 is 63.4. The van der Waals surface area contributed by atoms with Gasteiger partial charge in [0.1, 0.15) is 17.4 Å². The van der Waals surface area contributed by atoms with E-state index in [1.165, 1.54) is 31.9 Å². The van der Waals surface area contributed by atoms with Gasteiger partial charge in [0.25, 0.3) is 0 Å². The Labute approximate surface area is 220 Å². The van der Waals surface area contributed by atoms with Crippen molar-refractivity contribution in [2.24, 2.45) is 5.92 Å². The maximum atomic E-state index is 15.3. The van der Waals surface area contributed by atoms with Gasteiger partial charge < -0.3 is 4.74 Å². The first-order valence-corrected chi connectivity index (χ1v) is 13.2. The van der Waals surface area contributed by atoms with Crippen LogP contribution in [0, 0.1) is 29.2 Å². The minimum Gasteiger partial charge on any atom is -0.496 e. The summed E-state index contributed by atoms with van der Waals surface area (Å²) in [6.07, 6.45) is 6.53. The number of para-hydroxylation sites is 1. The molecule has 0 amide bonds. The molecule has 0 bridgehead atoms. The molecular weight excluding hydrogens is 492 g/mol. The number of aryl methyl sites for hydroxylation is 1. The van der Waals surface area contributed by atoms with Crippen molar-refractivity contribution in [3.05, 3.63) is 111 Å². The molecule has 0 aliphatic heterocycles. The third-order valence-corrected chi connectivity index (χ3v) is 7.88. The summed E-state index contributed by atoms with van der Waals surface area (Å²) in [5, 5.41) is 0.